The molecule has 2 aromatic heterocycles. The van der Waals surface area contributed by atoms with Crippen molar-refractivity contribution in [2.24, 2.45) is 0 Å². The Morgan fingerprint density at radius 3 is 2.72 bits per heavy atom. The van der Waals surface area contributed by atoms with Crippen molar-refractivity contribution in [3.05, 3.63) is 65.2 Å². The van der Waals surface area contributed by atoms with E-state index < -0.39 is 11.6 Å². The number of benzene rings is 1. The van der Waals surface area contributed by atoms with E-state index in [1.165, 1.54) is 16.2 Å². The number of aromatic nitrogens is 1. The van der Waals surface area contributed by atoms with E-state index in [9.17, 15) is 9.59 Å². The van der Waals surface area contributed by atoms with Crippen LogP contribution in [0.1, 0.15) is 18.2 Å². The molecule has 0 bridgehead atoms. The topological polar surface area (TPSA) is 75.4 Å². The minimum Gasteiger partial charge on any atom is -0.355 e. The van der Waals surface area contributed by atoms with Crippen LogP contribution in [-0.2, 0) is 16.9 Å². The number of hydrogen-bond donors (Lipinski definition) is 1. The lowest BCUT2D eigenvalue weighted by molar-refractivity contribution is -0.131. The fourth-order valence-electron chi connectivity index (χ4n) is 2.89. The SMILES string of the molecule is CC1(c2ccccc2)NC(=O)N(Cc2cc(-c3cccs3)on2)C1=O. The summed E-state index contributed by atoms with van der Waals surface area (Å²) < 4.78 is 5.32. The Bertz CT molecular complexity index is 920. The summed E-state index contributed by atoms with van der Waals surface area (Å²) >= 11 is 1.54. The number of carbonyl (C=O) groups excluding carboxylic acids is 2. The minimum atomic E-state index is -1.07. The highest BCUT2D eigenvalue weighted by molar-refractivity contribution is 7.13. The largest absolute Gasteiger partial charge is 0.355 e. The van der Waals surface area contributed by atoms with E-state index in [1.54, 1.807) is 13.0 Å². The van der Waals surface area contributed by atoms with Gasteiger partial charge in [-0.05, 0) is 23.9 Å². The highest BCUT2D eigenvalue weighted by Crippen LogP contribution is 2.30. The molecule has 25 heavy (non-hydrogen) atoms. The normalized spacial score (nSPS) is 20.1. The molecular weight excluding hydrogens is 338 g/mol. The lowest BCUT2D eigenvalue weighted by Crippen LogP contribution is -2.40. The van der Waals surface area contributed by atoms with Crippen molar-refractivity contribution < 1.29 is 14.1 Å². The fourth-order valence-corrected chi connectivity index (χ4v) is 3.56. The van der Waals surface area contributed by atoms with Crippen LogP contribution in [0, 0.1) is 0 Å². The molecule has 3 aromatic rings. The molecule has 1 saturated heterocycles. The lowest BCUT2D eigenvalue weighted by atomic mass is 9.92. The first-order valence-electron chi connectivity index (χ1n) is 7.77. The van der Waals surface area contributed by atoms with Gasteiger partial charge in [-0.15, -0.1) is 11.3 Å². The Kier molecular flexibility index (Phi) is 3.65. The van der Waals surface area contributed by atoms with Crippen LogP contribution in [-0.4, -0.2) is 22.0 Å². The molecule has 1 N–H and O–H groups in total. The average Bonchev–Trinajstić information content (AvgIpc) is 3.34. The van der Waals surface area contributed by atoms with E-state index in [0.29, 0.717) is 11.5 Å². The molecule has 126 valence electrons. The van der Waals surface area contributed by atoms with Crippen LogP contribution < -0.4 is 5.32 Å². The van der Waals surface area contributed by atoms with Gasteiger partial charge >= 0.3 is 6.03 Å². The molecule has 6 nitrogen and oxygen atoms in total. The zero-order valence-corrected chi connectivity index (χ0v) is 14.2. The molecule has 0 radical (unpaired) electrons. The van der Waals surface area contributed by atoms with Crippen LogP contribution in [0.25, 0.3) is 10.6 Å². The Morgan fingerprint density at radius 2 is 2.00 bits per heavy atom. The Labute approximate surface area is 148 Å². The van der Waals surface area contributed by atoms with Gasteiger partial charge in [-0.1, -0.05) is 41.6 Å². The first-order chi connectivity index (χ1) is 12.1. The van der Waals surface area contributed by atoms with Crippen molar-refractivity contribution in [2.75, 3.05) is 0 Å². The number of amides is 3. The van der Waals surface area contributed by atoms with Gasteiger partial charge in [0.25, 0.3) is 5.91 Å². The van der Waals surface area contributed by atoms with Crippen molar-refractivity contribution >= 4 is 23.3 Å². The number of nitrogens with one attached hydrogen (secondary N) is 1. The Hall–Kier alpha value is -2.93. The molecule has 1 aliphatic heterocycles. The van der Waals surface area contributed by atoms with E-state index in [1.807, 2.05) is 47.8 Å². The van der Waals surface area contributed by atoms with Crippen LogP contribution in [0.3, 0.4) is 0 Å². The number of carbonyl (C=O) groups is 2. The minimum absolute atomic E-state index is 0.0714. The third-order valence-corrected chi connectivity index (χ3v) is 5.15. The van der Waals surface area contributed by atoms with Crippen LogP contribution >= 0.6 is 11.3 Å². The first-order valence-corrected chi connectivity index (χ1v) is 8.65. The van der Waals surface area contributed by atoms with E-state index >= 15 is 0 Å². The quantitative estimate of drug-likeness (QED) is 0.730. The molecule has 1 atom stereocenters. The van der Waals surface area contributed by atoms with Gasteiger partial charge in [-0.2, -0.15) is 0 Å². The van der Waals surface area contributed by atoms with Gasteiger partial charge < -0.3 is 9.84 Å². The number of rotatable bonds is 4. The second-order valence-electron chi connectivity index (χ2n) is 5.97. The van der Waals surface area contributed by atoms with Crippen molar-refractivity contribution in [1.29, 1.82) is 0 Å². The number of nitrogens with zero attached hydrogens (tertiary/aromatic N) is 2. The molecular formula is C18H15N3O3S. The van der Waals surface area contributed by atoms with Gasteiger partial charge in [0.1, 0.15) is 11.2 Å². The first kappa shape index (κ1) is 15.6. The molecule has 7 heteroatoms. The van der Waals surface area contributed by atoms with Crippen molar-refractivity contribution in [3.8, 4) is 10.6 Å². The average molecular weight is 353 g/mol. The van der Waals surface area contributed by atoms with Gasteiger partial charge in [0.15, 0.2) is 5.76 Å². The molecule has 1 unspecified atom stereocenters. The summed E-state index contributed by atoms with van der Waals surface area (Å²) in [5.74, 6) is 0.326. The molecule has 0 aliphatic carbocycles. The molecule has 0 saturated carbocycles. The monoisotopic (exact) mass is 353 g/mol. The zero-order chi connectivity index (χ0) is 17.4. The second kappa shape index (κ2) is 5.86. The van der Waals surface area contributed by atoms with Crippen molar-refractivity contribution in [3.63, 3.8) is 0 Å². The van der Waals surface area contributed by atoms with Gasteiger partial charge in [0, 0.05) is 6.07 Å². The second-order valence-corrected chi connectivity index (χ2v) is 6.92. The van der Waals surface area contributed by atoms with E-state index in [-0.39, 0.29) is 12.5 Å². The number of urea groups is 1. The molecule has 1 aliphatic rings. The van der Waals surface area contributed by atoms with Crippen molar-refractivity contribution in [2.45, 2.75) is 19.0 Å². The van der Waals surface area contributed by atoms with Gasteiger partial charge in [0.2, 0.25) is 0 Å². The van der Waals surface area contributed by atoms with Crippen LogP contribution in [0.5, 0.6) is 0 Å². The molecule has 0 spiro atoms. The summed E-state index contributed by atoms with van der Waals surface area (Å²) in [6.07, 6.45) is 0. The summed E-state index contributed by atoms with van der Waals surface area (Å²) in [5.41, 5.74) is 0.207. The zero-order valence-electron chi connectivity index (χ0n) is 13.4. The summed E-state index contributed by atoms with van der Waals surface area (Å²) in [7, 11) is 0. The third kappa shape index (κ3) is 2.62. The number of thiophene rings is 1. The third-order valence-electron chi connectivity index (χ3n) is 4.27. The Balaban J connectivity index is 1.57. The smallest absolute Gasteiger partial charge is 0.325 e. The number of hydrogen-bond acceptors (Lipinski definition) is 5. The lowest BCUT2D eigenvalue weighted by Gasteiger charge is -2.21. The highest BCUT2D eigenvalue weighted by Gasteiger charge is 2.49. The van der Waals surface area contributed by atoms with E-state index in [4.69, 9.17) is 4.52 Å². The summed E-state index contributed by atoms with van der Waals surface area (Å²) in [6, 6.07) is 14.4. The van der Waals surface area contributed by atoms with Crippen LogP contribution in [0.15, 0.2) is 58.4 Å². The summed E-state index contributed by atoms with van der Waals surface area (Å²) in [5, 5.41) is 8.71. The standard InChI is InChI=1S/C18H15N3O3S/c1-18(12-6-3-2-4-7-12)16(22)21(17(23)19-18)11-13-10-14(24-20-13)15-8-5-9-25-15/h2-10H,11H2,1H3,(H,19,23). The summed E-state index contributed by atoms with van der Waals surface area (Å²) in [6.45, 7) is 1.78. The predicted octanol–water partition coefficient (Wildman–Crippen LogP) is 3.37. The van der Waals surface area contributed by atoms with Crippen LogP contribution in [0.2, 0.25) is 0 Å². The fraction of sp³-hybridized carbons (Fsp3) is 0.167. The number of imide groups is 1. The predicted molar refractivity (Wildman–Crippen MR) is 92.7 cm³/mol. The molecule has 1 aromatic carbocycles. The molecule has 3 amide bonds. The Morgan fingerprint density at radius 1 is 1.20 bits per heavy atom. The maximum absolute atomic E-state index is 12.9. The van der Waals surface area contributed by atoms with Crippen molar-refractivity contribution in [1.82, 2.24) is 15.4 Å². The molecule has 3 heterocycles. The molecule has 4 rings (SSSR count). The van der Waals surface area contributed by atoms with Gasteiger partial charge in [0.05, 0.1) is 11.4 Å². The van der Waals surface area contributed by atoms with Crippen LogP contribution in [0.4, 0.5) is 4.79 Å². The van der Waals surface area contributed by atoms with E-state index in [0.717, 1.165) is 10.4 Å². The highest BCUT2D eigenvalue weighted by atomic mass is 32.1. The maximum atomic E-state index is 12.9. The molecule has 1 fully saturated rings. The van der Waals surface area contributed by atoms with Gasteiger partial charge in [-0.3, -0.25) is 9.69 Å². The maximum Gasteiger partial charge on any atom is 0.325 e. The van der Waals surface area contributed by atoms with E-state index in [2.05, 4.69) is 10.5 Å². The summed E-state index contributed by atoms with van der Waals surface area (Å²) in [4.78, 5) is 27.3. The van der Waals surface area contributed by atoms with Gasteiger partial charge in [-0.25, -0.2) is 4.79 Å².